The van der Waals surface area contributed by atoms with Gasteiger partial charge in [0.2, 0.25) is 0 Å². The highest BCUT2D eigenvalue weighted by atomic mass is 35.5. The van der Waals surface area contributed by atoms with Crippen LogP contribution in [0, 0.1) is 5.92 Å². The predicted octanol–water partition coefficient (Wildman–Crippen LogP) is 3.35. The summed E-state index contributed by atoms with van der Waals surface area (Å²) in [6.45, 7) is 3.15. The molecule has 1 aliphatic heterocycles. The van der Waals surface area contributed by atoms with Gasteiger partial charge in [-0.3, -0.25) is 0 Å². The highest BCUT2D eigenvalue weighted by Gasteiger charge is 2.23. The first-order valence-electron chi connectivity index (χ1n) is 6.61. The second-order valence-corrected chi connectivity index (χ2v) is 6.34. The van der Waals surface area contributed by atoms with E-state index in [1.165, 1.54) is 12.8 Å². The van der Waals surface area contributed by atoms with E-state index in [0.29, 0.717) is 15.7 Å². The number of halogens is 2. The molecule has 106 valence electrons. The lowest BCUT2D eigenvalue weighted by molar-refractivity contribution is 0.285. The zero-order chi connectivity index (χ0) is 14.0. The van der Waals surface area contributed by atoms with Crippen LogP contribution in [0.3, 0.4) is 0 Å². The average molecular weight is 302 g/mol. The van der Waals surface area contributed by atoms with Gasteiger partial charge in [0.1, 0.15) is 0 Å². The van der Waals surface area contributed by atoms with Crippen LogP contribution < -0.4 is 10.6 Å². The largest absolute Gasteiger partial charge is 0.399 e. The van der Waals surface area contributed by atoms with Crippen LogP contribution in [0.1, 0.15) is 12.8 Å². The smallest absolute Gasteiger partial charge is 0.0746 e. The Kier molecular flexibility index (Phi) is 4.82. The molecule has 0 bridgehead atoms. The van der Waals surface area contributed by atoms with Crippen molar-refractivity contribution in [2.75, 3.05) is 44.4 Å². The predicted molar refractivity (Wildman–Crippen MR) is 84.4 cm³/mol. The normalized spacial score (nSPS) is 17.2. The molecule has 0 unspecified atom stereocenters. The first-order valence-corrected chi connectivity index (χ1v) is 7.37. The van der Waals surface area contributed by atoms with Crippen molar-refractivity contribution >= 4 is 34.6 Å². The second-order valence-electron chi connectivity index (χ2n) is 5.53. The van der Waals surface area contributed by atoms with Gasteiger partial charge in [0.15, 0.2) is 0 Å². The summed E-state index contributed by atoms with van der Waals surface area (Å²) in [7, 11) is 4.25. The average Bonchev–Trinajstić information content (AvgIpc) is 2.29. The molecule has 0 aliphatic carbocycles. The van der Waals surface area contributed by atoms with Crippen molar-refractivity contribution in [1.82, 2.24) is 4.90 Å². The van der Waals surface area contributed by atoms with Gasteiger partial charge in [0.25, 0.3) is 0 Å². The molecular weight excluding hydrogens is 281 g/mol. The first-order chi connectivity index (χ1) is 8.97. The topological polar surface area (TPSA) is 32.5 Å². The molecule has 1 fully saturated rings. The van der Waals surface area contributed by atoms with E-state index in [1.807, 2.05) is 0 Å². The van der Waals surface area contributed by atoms with E-state index in [4.69, 9.17) is 28.9 Å². The molecule has 0 spiro atoms. The third kappa shape index (κ3) is 3.68. The molecular formula is C14H21Cl2N3. The van der Waals surface area contributed by atoms with Crippen LogP contribution in [0.15, 0.2) is 12.1 Å². The number of nitrogen functional groups attached to an aromatic ring is 1. The van der Waals surface area contributed by atoms with Crippen molar-refractivity contribution in [1.29, 1.82) is 0 Å². The summed E-state index contributed by atoms with van der Waals surface area (Å²) in [5.41, 5.74) is 7.29. The van der Waals surface area contributed by atoms with Gasteiger partial charge in [-0.2, -0.15) is 0 Å². The maximum absolute atomic E-state index is 6.27. The van der Waals surface area contributed by atoms with Crippen molar-refractivity contribution in [3.05, 3.63) is 22.2 Å². The lowest BCUT2D eigenvalue weighted by Crippen LogP contribution is -2.37. The van der Waals surface area contributed by atoms with E-state index in [1.54, 1.807) is 12.1 Å². The van der Waals surface area contributed by atoms with Gasteiger partial charge in [-0.15, -0.1) is 0 Å². The van der Waals surface area contributed by atoms with E-state index >= 15 is 0 Å². The Bertz CT molecular complexity index is 417. The maximum atomic E-state index is 6.27. The molecule has 19 heavy (non-hydrogen) atoms. The van der Waals surface area contributed by atoms with Gasteiger partial charge < -0.3 is 15.5 Å². The van der Waals surface area contributed by atoms with Crippen molar-refractivity contribution in [3.8, 4) is 0 Å². The number of piperidine rings is 1. The molecule has 1 heterocycles. The van der Waals surface area contributed by atoms with Crippen LogP contribution >= 0.6 is 23.2 Å². The summed E-state index contributed by atoms with van der Waals surface area (Å²) in [6.07, 6.45) is 2.35. The monoisotopic (exact) mass is 301 g/mol. The van der Waals surface area contributed by atoms with Crippen LogP contribution in [0.2, 0.25) is 10.0 Å². The zero-order valence-corrected chi connectivity index (χ0v) is 13.0. The quantitative estimate of drug-likeness (QED) is 0.869. The highest BCUT2D eigenvalue weighted by molar-refractivity contribution is 6.39. The van der Waals surface area contributed by atoms with Gasteiger partial charge in [0.05, 0.1) is 15.7 Å². The Morgan fingerprint density at radius 1 is 1.21 bits per heavy atom. The summed E-state index contributed by atoms with van der Waals surface area (Å²) in [5.74, 6) is 0.762. The van der Waals surface area contributed by atoms with Crippen molar-refractivity contribution in [3.63, 3.8) is 0 Å². The van der Waals surface area contributed by atoms with Gasteiger partial charge in [0, 0.05) is 25.3 Å². The molecule has 1 aromatic carbocycles. The number of benzene rings is 1. The van der Waals surface area contributed by atoms with Crippen LogP contribution in [0.4, 0.5) is 11.4 Å². The van der Waals surface area contributed by atoms with E-state index in [-0.39, 0.29) is 0 Å². The van der Waals surface area contributed by atoms with Crippen LogP contribution in [-0.4, -0.2) is 38.6 Å². The Hall–Kier alpha value is -0.640. The summed E-state index contributed by atoms with van der Waals surface area (Å²) in [4.78, 5) is 4.53. The van der Waals surface area contributed by atoms with E-state index < -0.39 is 0 Å². The van der Waals surface area contributed by atoms with Crippen molar-refractivity contribution < 1.29 is 0 Å². The fourth-order valence-electron chi connectivity index (χ4n) is 2.74. The SMILES string of the molecule is CN(C)CC1CCN(c2c(Cl)cc(N)cc2Cl)CC1. The fraction of sp³-hybridized carbons (Fsp3) is 0.571. The Morgan fingerprint density at radius 2 is 1.74 bits per heavy atom. The van der Waals surface area contributed by atoms with Crippen LogP contribution in [-0.2, 0) is 0 Å². The molecule has 2 rings (SSSR count). The first kappa shape index (κ1) is 14.8. The van der Waals surface area contributed by atoms with Crippen LogP contribution in [0.25, 0.3) is 0 Å². The molecule has 5 heteroatoms. The Balaban J connectivity index is 2.06. The highest BCUT2D eigenvalue weighted by Crippen LogP contribution is 2.37. The molecule has 0 saturated carbocycles. The minimum atomic E-state index is 0.612. The zero-order valence-electron chi connectivity index (χ0n) is 11.5. The number of anilines is 2. The van der Waals surface area contributed by atoms with Crippen LogP contribution in [0.5, 0.6) is 0 Å². The molecule has 0 atom stereocenters. The molecule has 3 nitrogen and oxygen atoms in total. The van der Waals surface area contributed by atoms with Gasteiger partial charge in [-0.25, -0.2) is 0 Å². The third-order valence-electron chi connectivity index (χ3n) is 3.59. The summed E-state index contributed by atoms with van der Waals surface area (Å²) >= 11 is 12.5. The molecule has 2 N–H and O–H groups in total. The van der Waals surface area contributed by atoms with E-state index in [0.717, 1.165) is 31.2 Å². The lowest BCUT2D eigenvalue weighted by Gasteiger charge is -2.35. The Morgan fingerprint density at radius 3 is 2.21 bits per heavy atom. The number of hydrogen-bond donors (Lipinski definition) is 1. The second kappa shape index (κ2) is 6.21. The van der Waals surface area contributed by atoms with Gasteiger partial charge in [-0.1, -0.05) is 23.2 Å². The Labute approximate surface area is 125 Å². The minimum Gasteiger partial charge on any atom is -0.399 e. The maximum Gasteiger partial charge on any atom is 0.0746 e. The number of nitrogens with zero attached hydrogens (tertiary/aromatic N) is 2. The third-order valence-corrected chi connectivity index (χ3v) is 4.17. The van der Waals surface area contributed by atoms with Gasteiger partial charge >= 0.3 is 0 Å². The summed E-state index contributed by atoms with van der Waals surface area (Å²) in [5, 5.41) is 1.30. The number of hydrogen-bond acceptors (Lipinski definition) is 3. The molecule has 0 aromatic heterocycles. The lowest BCUT2D eigenvalue weighted by atomic mass is 9.96. The van der Waals surface area contributed by atoms with Gasteiger partial charge in [-0.05, 0) is 45.0 Å². The molecule has 1 saturated heterocycles. The molecule has 0 amide bonds. The number of rotatable bonds is 3. The minimum absolute atomic E-state index is 0.612. The fourth-order valence-corrected chi connectivity index (χ4v) is 3.49. The van der Waals surface area contributed by atoms with Crippen molar-refractivity contribution in [2.24, 2.45) is 5.92 Å². The molecule has 1 aromatic rings. The molecule has 1 aliphatic rings. The number of nitrogens with two attached hydrogens (primary N) is 1. The van der Waals surface area contributed by atoms with Crippen molar-refractivity contribution in [2.45, 2.75) is 12.8 Å². The summed E-state index contributed by atoms with van der Waals surface area (Å²) < 4.78 is 0. The van der Waals surface area contributed by atoms with E-state index in [9.17, 15) is 0 Å². The molecule has 0 radical (unpaired) electrons. The standard InChI is InChI=1S/C14H21Cl2N3/c1-18(2)9-10-3-5-19(6-4-10)14-12(15)7-11(17)8-13(14)16/h7-8,10H,3-6,9,17H2,1-2H3. The van der Waals surface area contributed by atoms with E-state index in [2.05, 4.69) is 23.9 Å². The summed E-state index contributed by atoms with van der Waals surface area (Å²) in [6, 6.07) is 3.54.